The topological polar surface area (TPSA) is 307 Å². The van der Waals surface area contributed by atoms with Crippen molar-refractivity contribution in [2.45, 2.75) is 311 Å². The van der Waals surface area contributed by atoms with E-state index in [0.717, 1.165) is 19.3 Å². The predicted octanol–water partition coefficient (Wildman–Crippen LogP) is 5.15. The molecular weight excluding hydrogens is 999 g/mol. The molecule has 3 aliphatic rings. The number of nitrogens with one attached hydrogen (secondary N) is 1. The van der Waals surface area contributed by atoms with E-state index in [1.807, 2.05) is 0 Å². The lowest BCUT2D eigenvalue weighted by Crippen LogP contribution is -2.66. The van der Waals surface area contributed by atoms with Crippen LogP contribution in [-0.2, 0) is 33.2 Å². The van der Waals surface area contributed by atoms with Crippen molar-refractivity contribution < 1.29 is 89.4 Å². The lowest BCUT2D eigenvalue weighted by Gasteiger charge is -2.48. The minimum atomic E-state index is -1.98. The Kier molecular flexibility index (Phi) is 38.1. The van der Waals surface area contributed by atoms with Crippen LogP contribution in [0.15, 0.2) is 24.3 Å². The van der Waals surface area contributed by atoms with Crippen LogP contribution >= 0.6 is 0 Å². The van der Waals surface area contributed by atoms with E-state index < -0.39 is 130 Å². The summed E-state index contributed by atoms with van der Waals surface area (Å²) in [6.07, 6.45) is 20.6. The first-order valence-corrected chi connectivity index (χ1v) is 30.0. The quantitative estimate of drug-likeness (QED) is 0.0277. The highest BCUT2D eigenvalue weighted by atomic mass is 16.8. The second-order valence-electron chi connectivity index (χ2n) is 21.9. The zero-order valence-electron chi connectivity index (χ0n) is 46.9. The summed E-state index contributed by atoms with van der Waals surface area (Å²) in [6.45, 7) is 0.743. The summed E-state index contributed by atoms with van der Waals surface area (Å²) < 4.78 is 33.7. The molecule has 0 aliphatic carbocycles. The number of rotatable bonds is 44. The van der Waals surface area contributed by atoms with Crippen molar-refractivity contribution in [1.29, 1.82) is 0 Å². The van der Waals surface area contributed by atoms with Crippen LogP contribution < -0.4 is 5.32 Å². The summed E-state index contributed by atoms with van der Waals surface area (Å²) in [5.74, 6) is -0.461. The Hall–Kier alpha value is -1.73. The van der Waals surface area contributed by atoms with E-state index in [9.17, 15) is 61.0 Å². The largest absolute Gasteiger partial charge is 0.394 e. The summed E-state index contributed by atoms with van der Waals surface area (Å²) in [5, 5.41) is 118. The van der Waals surface area contributed by atoms with Crippen LogP contribution in [0.25, 0.3) is 0 Å². The van der Waals surface area contributed by atoms with E-state index in [-0.39, 0.29) is 6.61 Å². The average Bonchev–Trinajstić information content (AvgIpc) is 3.43. The Morgan fingerprint density at radius 1 is 0.455 bits per heavy atom. The molecule has 3 rings (SSSR count). The lowest BCUT2D eigenvalue weighted by atomic mass is 9.96. The minimum absolute atomic E-state index is 0.382. The maximum atomic E-state index is 12.1. The van der Waals surface area contributed by atoms with Gasteiger partial charge in [0.25, 0.3) is 0 Å². The van der Waals surface area contributed by atoms with Gasteiger partial charge in [0.1, 0.15) is 73.2 Å². The SMILES string of the molecule is CCCCCCCCCCCCCCCCCCCCCCCCCCCCC/C=C/CC/C=C/C(O)C(COC1OC(CO)C(OC2OC(CO)C(OC3OC(CO)C(O)C(O)C3O)C(O)C2O)C(O)C1O)NC(C)=O. The van der Waals surface area contributed by atoms with E-state index >= 15 is 0 Å². The average molecular weight is 1110 g/mol. The zero-order valence-corrected chi connectivity index (χ0v) is 46.9. The number of aliphatic hydroxyl groups is 11. The van der Waals surface area contributed by atoms with Crippen LogP contribution in [-0.4, -0.2) is 193 Å². The van der Waals surface area contributed by atoms with Crippen LogP contribution in [0.4, 0.5) is 0 Å². The van der Waals surface area contributed by atoms with Crippen LogP contribution in [0.1, 0.15) is 206 Å². The third-order valence-electron chi connectivity index (χ3n) is 15.3. The number of allylic oxidation sites excluding steroid dienone is 3. The molecule has 0 bridgehead atoms. The van der Waals surface area contributed by atoms with Crippen molar-refractivity contribution in [2.75, 3.05) is 26.4 Å². The summed E-state index contributed by atoms with van der Waals surface area (Å²) in [6, 6.07) is -0.988. The van der Waals surface area contributed by atoms with Gasteiger partial charge in [-0.15, -0.1) is 0 Å². The predicted molar refractivity (Wildman–Crippen MR) is 291 cm³/mol. The molecule has 0 radical (unpaired) electrons. The van der Waals surface area contributed by atoms with Crippen molar-refractivity contribution in [3.05, 3.63) is 24.3 Å². The number of unbranched alkanes of at least 4 members (excludes halogenated alkanes) is 28. The zero-order chi connectivity index (χ0) is 56.2. The lowest BCUT2D eigenvalue weighted by molar-refractivity contribution is -0.379. The molecule has 17 atom stereocenters. The molecule has 19 nitrogen and oxygen atoms in total. The summed E-state index contributed by atoms with van der Waals surface area (Å²) in [7, 11) is 0. The number of amides is 1. The summed E-state index contributed by atoms with van der Waals surface area (Å²) in [5.41, 5.74) is 0. The van der Waals surface area contributed by atoms with Gasteiger partial charge in [0.15, 0.2) is 18.9 Å². The van der Waals surface area contributed by atoms with Crippen molar-refractivity contribution in [3.8, 4) is 0 Å². The highest BCUT2D eigenvalue weighted by Crippen LogP contribution is 2.33. The van der Waals surface area contributed by atoms with E-state index in [1.54, 1.807) is 6.08 Å². The molecule has 3 saturated heterocycles. The van der Waals surface area contributed by atoms with Crippen LogP contribution in [0.2, 0.25) is 0 Å². The fourth-order valence-electron chi connectivity index (χ4n) is 10.4. The van der Waals surface area contributed by atoms with Gasteiger partial charge in [-0.2, -0.15) is 0 Å². The fourth-order valence-corrected chi connectivity index (χ4v) is 10.4. The maximum absolute atomic E-state index is 12.1. The Morgan fingerprint density at radius 3 is 1.22 bits per heavy atom. The third-order valence-corrected chi connectivity index (χ3v) is 15.3. The Morgan fingerprint density at radius 2 is 0.805 bits per heavy atom. The molecule has 0 aromatic carbocycles. The molecule has 77 heavy (non-hydrogen) atoms. The van der Waals surface area contributed by atoms with Gasteiger partial charge >= 0.3 is 0 Å². The van der Waals surface area contributed by atoms with Crippen LogP contribution in [0.3, 0.4) is 0 Å². The second-order valence-corrected chi connectivity index (χ2v) is 21.9. The molecule has 3 heterocycles. The monoisotopic (exact) mass is 1110 g/mol. The Labute approximate surface area is 460 Å². The van der Waals surface area contributed by atoms with Crippen LogP contribution in [0, 0.1) is 0 Å². The van der Waals surface area contributed by atoms with Gasteiger partial charge in [-0.05, 0) is 25.7 Å². The molecule has 0 aromatic heterocycles. The molecule has 19 heteroatoms. The number of hydrogen-bond donors (Lipinski definition) is 12. The van der Waals surface area contributed by atoms with E-state index in [2.05, 4.69) is 24.4 Å². The molecular formula is C58H107NO18. The smallest absolute Gasteiger partial charge is 0.217 e. The van der Waals surface area contributed by atoms with Gasteiger partial charge in [0.2, 0.25) is 5.91 Å². The second kappa shape index (κ2) is 42.1. The Bertz CT molecular complexity index is 1510. The van der Waals surface area contributed by atoms with Crippen molar-refractivity contribution >= 4 is 5.91 Å². The van der Waals surface area contributed by atoms with Crippen molar-refractivity contribution in [1.82, 2.24) is 5.32 Å². The van der Waals surface area contributed by atoms with Gasteiger partial charge < -0.3 is 89.9 Å². The highest BCUT2D eigenvalue weighted by molar-refractivity contribution is 5.73. The molecule has 0 saturated carbocycles. The van der Waals surface area contributed by atoms with Gasteiger partial charge in [-0.3, -0.25) is 4.79 Å². The fraction of sp³-hybridized carbons (Fsp3) is 0.914. The molecule has 17 unspecified atom stereocenters. The van der Waals surface area contributed by atoms with Gasteiger partial charge in [-0.1, -0.05) is 198 Å². The van der Waals surface area contributed by atoms with Crippen LogP contribution in [0.5, 0.6) is 0 Å². The molecule has 1 amide bonds. The molecule has 0 aromatic rings. The minimum Gasteiger partial charge on any atom is -0.394 e. The van der Waals surface area contributed by atoms with Gasteiger partial charge in [0, 0.05) is 6.92 Å². The third kappa shape index (κ3) is 26.8. The van der Waals surface area contributed by atoms with E-state index in [4.69, 9.17) is 28.4 Å². The number of hydrogen-bond acceptors (Lipinski definition) is 18. The first-order chi connectivity index (χ1) is 37.3. The van der Waals surface area contributed by atoms with Gasteiger partial charge in [0.05, 0.1) is 38.6 Å². The van der Waals surface area contributed by atoms with Crippen molar-refractivity contribution in [2.24, 2.45) is 0 Å². The Balaban J connectivity index is 1.23. The highest BCUT2D eigenvalue weighted by Gasteiger charge is 2.53. The summed E-state index contributed by atoms with van der Waals surface area (Å²) >= 11 is 0. The number of carbonyl (C=O) groups excluding carboxylic acids is 1. The molecule has 0 spiro atoms. The standard InChI is InChI=1S/C58H107NO18/c1-3-4-5-6-7-8-9-10-11-12-13-14-15-16-17-18-19-20-21-22-23-24-25-26-27-28-29-30-31-32-33-34-35-36-43(64)42(59-41(2)63)40-72-56-52(70)49(67)54(45(38-61)74-56)77-58-53(71)50(68)55(46(39-62)75-58)76-57-51(69)48(66)47(65)44(37-60)73-57/h31-32,35-36,42-58,60-62,64-71H,3-30,33-34,37-40H2,1-2H3,(H,59,63)/b32-31+,36-35+. The molecule has 12 N–H and O–H groups in total. The molecule has 452 valence electrons. The maximum Gasteiger partial charge on any atom is 0.217 e. The van der Waals surface area contributed by atoms with E-state index in [1.165, 1.54) is 180 Å². The van der Waals surface area contributed by atoms with E-state index in [0.29, 0.717) is 6.42 Å². The normalized spacial score (nSPS) is 30.8. The number of carbonyl (C=O) groups is 1. The number of aliphatic hydroxyl groups excluding tert-OH is 11. The first kappa shape index (κ1) is 69.5. The first-order valence-electron chi connectivity index (χ1n) is 30.0. The molecule has 3 aliphatic heterocycles. The molecule has 3 fully saturated rings. The number of ether oxygens (including phenoxy) is 6. The van der Waals surface area contributed by atoms with Gasteiger partial charge in [-0.25, -0.2) is 0 Å². The summed E-state index contributed by atoms with van der Waals surface area (Å²) in [4.78, 5) is 12.1. The van der Waals surface area contributed by atoms with Crippen molar-refractivity contribution in [3.63, 3.8) is 0 Å².